The summed E-state index contributed by atoms with van der Waals surface area (Å²) in [6.07, 6.45) is 0. The van der Waals surface area contributed by atoms with E-state index in [-0.39, 0.29) is 0 Å². The molecule has 0 saturated heterocycles. The SMILES string of the molecule is Cc1ccc(N)c(SCCOc2cccc(Br)c2)c1. The second kappa shape index (κ2) is 6.87. The third-order valence-electron chi connectivity index (χ3n) is 2.57. The average Bonchev–Trinajstić information content (AvgIpc) is 2.39. The van der Waals surface area contributed by atoms with Gasteiger partial charge in [0.1, 0.15) is 5.75 Å². The van der Waals surface area contributed by atoms with E-state index in [0.717, 1.165) is 26.6 Å². The fraction of sp³-hybridized carbons (Fsp3) is 0.200. The van der Waals surface area contributed by atoms with Crippen LogP contribution in [0.4, 0.5) is 5.69 Å². The van der Waals surface area contributed by atoms with Gasteiger partial charge in [-0.3, -0.25) is 0 Å². The highest BCUT2D eigenvalue weighted by molar-refractivity contribution is 9.10. The lowest BCUT2D eigenvalue weighted by Gasteiger charge is -2.08. The molecule has 0 spiro atoms. The zero-order valence-electron chi connectivity index (χ0n) is 10.7. The van der Waals surface area contributed by atoms with Gasteiger partial charge in [-0.25, -0.2) is 0 Å². The molecule has 19 heavy (non-hydrogen) atoms. The Bertz CT molecular complexity index is 560. The number of ether oxygens (including phenoxy) is 1. The maximum absolute atomic E-state index is 5.93. The van der Waals surface area contributed by atoms with Crippen LogP contribution < -0.4 is 10.5 Å². The van der Waals surface area contributed by atoms with Crippen molar-refractivity contribution in [1.82, 2.24) is 0 Å². The summed E-state index contributed by atoms with van der Waals surface area (Å²) in [6.45, 7) is 2.73. The van der Waals surface area contributed by atoms with Crippen molar-refractivity contribution >= 4 is 33.4 Å². The van der Waals surface area contributed by atoms with E-state index in [1.54, 1.807) is 11.8 Å². The summed E-state index contributed by atoms with van der Waals surface area (Å²) in [7, 11) is 0. The van der Waals surface area contributed by atoms with Crippen LogP contribution in [0.1, 0.15) is 5.56 Å². The van der Waals surface area contributed by atoms with Gasteiger partial charge in [-0.2, -0.15) is 0 Å². The smallest absolute Gasteiger partial charge is 0.120 e. The van der Waals surface area contributed by atoms with Gasteiger partial charge in [-0.05, 0) is 42.8 Å². The standard InChI is InChI=1S/C15H16BrNOS/c1-11-5-6-14(17)15(9-11)19-8-7-18-13-4-2-3-12(16)10-13/h2-6,9-10H,7-8,17H2,1H3. The highest BCUT2D eigenvalue weighted by atomic mass is 79.9. The Morgan fingerprint density at radius 2 is 2.05 bits per heavy atom. The van der Waals surface area contributed by atoms with E-state index in [1.165, 1.54) is 5.56 Å². The monoisotopic (exact) mass is 337 g/mol. The zero-order valence-corrected chi connectivity index (χ0v) is 13.1. The molecule has 0 unspecified atom stereocenters. The van der Waals surface area contributed by atoms with Crippen LogP contribution in [0.15, 0.2) is 51.8 Å². The molecule has 100 valence electrons. The van der Waals surface area contributed by atoms with Gasteiger partial charge in [0.15, 0.2) is 0 Å². The normalized spacial score (nSPS) is 10.4. The lowest BCUT2D eigenvalue weighted by molar-refractivity contribution is 0.344. The number of nitrogens with two attached hydrogens (primary N) is 1. The minimum atomic E-state index is 0.661. The van der Waals surface area contributed by atoms with Gasteiger partial charge in [-0.1, -0.05) is 28.1 Å². The second-order valence-corrected chi connectivity index (χ2v) is 6.25. The van der Waals surface area contributed by atoms with Crippen LogP contribution in [0.5, 0.6) is 5.75 Å². The van der Waals surface area contributed by atoms with Gasteiger partial charge < -0.3 is 10.5 Å². The molecule has 2 rings (SSSR count). The summed E-state index contributed by atoms with van der Waals surface area (Å²) in [6, 6.07) is 14.0. The number of aryl methyl sites for hydroxylation is 1. The van der Waals surface area contributed by atoms with Gasteiger partial charge in [0.2, 0.25) is 0 Å². The summed E-state index contributed by atoms with van der Waals surface area (Å²) in [5, 5.41) is 0. The lowest BCUT2D eigenvalue weighted by atomic mass is 10.2. The largest absolute Gasteiger partial charge is 0.493 e. The first-order valence-electron chi connectivity index (χ1n) is 6.02. The van der Waals surface area contributed by atoms with Gasteiger partial charge >= 0.3 is 0 Å². The van der Waals surface area contributed by atoms with E-state index in [2.05, 4.69) is 28.9 Å². The molecule has 0 saturated carbocycles. The molecule has 0 aliphatic rings. The second-order valence-electron chi connectivity index (χ2n) is 4.20. The third-order valence-corrected chi connectivity index (χ3v) is 4.10. The maximum atomic E-state index is 5.93. The Kier molecular flexibility index (Phi) is 5.16. The number of thioether (sulfide) groups is 1. The van der Waals surface area contributed by atoms with E-state index < -0.39 is 0 Å². The van der Waals surface area contributed by atoms with Crippen molar-refractivity contribution in [1.29, 1.82) is 0 Å². The maximum Gasteiger partial charge on any atom is 0.120 e. The summed E-state index contributed by atoms with van der Waals surface area (Å²) < 4.78 is 6.72. The van der Waals surface area contributed by atoms with Crippen molar-refractivity contribution in [3.05, 3.63) is 52.5 Å². The summed E-state index contributed by atoms with van der Waals surface area (Å²) in [5.74, 6) is 1.76. The van der Waals surface area contributed by atoms with E-state index >= 15 is 0 Å². The van der Waals surface area contributed by atoms with Crippen LogP contribution in [0.25, 0.3) is 0 Å². The summed E-state index contributed by atoms with van der Waals surface area (Å²) in [5.41, 5.74) is 7.99. The Labute approximate surface area is 126 Å². The third kappa shape index (κ3) is 4.48. The summed E-state index contributed by atoms with van der Waals surface area (Å²) >= 11 is 5.15. The van der Waals surface area contributed by atoms with Crippen molar-refractivity contribution in [3.8, 4) is 5.75 Å². The van der Waals surface area contributed by atoms with Crippen molar-refractivity contribution < 1.29 is 4.74 Å². The highest BCUT2D eigenvalue weighted by Gasteiger charge is 2.01. The molecule has 2 aromatic rings. The summed E-state index contributed by atoms with van der Waals surface area (Å²) in [4.78, 5) is 1.12. The first kappa shape index (κ1) is 14.3. The van der Waals surface area contributed by atoms with E-state index in [1.807, 2.05) is 36.4 Å². The minimum Gasteiger partial charge on any atom is -0.493 e. The van der Waals surface area contributed by atoms with Crippen molar-refractivity contribution in [2.24, 2.45) is 0 Å². The molecule has 0 radical (unpaired) electrons. The topological polar surface area (TPSA) is 35.2 Å². The van der Waals surface area contributed by atoms with Gasteiger partial charge in [0.25, 0.3) is 0 Å². The van der Waals surface area contributed by atoms with Crippen LogP contribution in [0, 0.1) is 6.92 Å². The molecule has 2 N–H and O–H groups in total. The molecule has 0 bridgehead atoms. The molecule has 0 heterocycles. The average molecular weight is 338 g/mol. The van der Waals surface area contributed by atoms with E-state index in [9.17, 15) is 0 Å². The Morgan fingerprint density at radius 1 is 1.21 bits per heavy atom. The number of hydrogen-bond acceptors (Lipinski definition) is 3. The molecular formula is C15H16BrNOS. The van der Waals surface area contributed by atoms with Gasteiger partial charge in [0, 0.05) is 20.8 Å². The number of halogens is 1. The number of hydrogen-bond donors (Lipinski definition) is 1. The van der Waals surface area contributed by atoms with Gasteiger partial charge in [0.05, 0.1) is 6.61 Å². The molecule has 0 aliphatic carbocycles. The molecule has 2 nitrogen and oxygen atoms in total. The first-order valence-corrected chi connectivity index (χ1v) is 7.80. The lowest BCUT2D eigenvalue weighted by Crippen LogP contribution is -2.00. The van der Waals surface area contributed by atoms with Crippen molar-refractivity contribution in [3.63, 3.8) is 0 Å². The Hall–Kier alpha value is -1.13. The fourth-order valence-electron chi connectivity index (χ4n) is 1.63. The first-order chi connectivity index (χ1) is 9.15. The predicted octanol–water partition coefficient (Wildman–Crippen LogP) is 4.51. The van der Waals surface area contributed by atoms with Crippen LogP contribution >= 0.6 is 27.7 Å². The van der Waals surface area contributed by atoms with Crippen LogP contribution in [-0.2, 0) is 0 Å². The Balaban J connectivity index is 1.82. The number of nitrogen functional groups attached to an aromatic ring is 1. The quantitative estimate of drug-likeness (QED) is 0.495. The molecule has 0 atom stereocenters. The van der Waals surface area contributed by atoms with Crippen molar-refractivity contribution in [2.45, 2.75) is 11.8 Å². The highest BCUT2D eigenvalue weighted by Crippen LogP contribution is 2.26. The molecular weight excluding hydrogens is 322 g/mol. The molecule has 0 aliphatic heterocycles. The minimum absolute atomic E-state index is 0.661. The number of rotatable bonds is 5. The van der Waals surface area contributed by atoms with E-state index in [0.29, 0.717) is 6.61 Å². The molecule has 0 fully saturated rings. The molecule has 0 amide bonds. The number of benzene rings is 2. The Morgan fingerprint density at radius 3 is 2.84 bits per heavy atom. The zero-order chi connectivity index (χ0) is 13.7. The van der Waals surface area contributed by atoms with Crippen LogP contribution in [-0.4, -0.2) is 12.4 Å². The number of anilines is 1. The van der Waals surface area contributed by atoms with Crippen LogP contribution in [0.3, 0.4) is 0 Å². The predicted molar refractivity (Wildman–Crippen MR) is 86.0 cm³/mol. The molecule has 0 aromatic heterocycles. The van der Waals surface area contributed by atoms with Crippen molar-refractivity contribution in [2.75, 3.05) is 18.1 Å². The van der Waals surface area contributed by atoms with E-state index in [4.69, 9.17) is 10.5 Å². The fourth-order valence-corrected chi connectivity index (χ4v) is 2.90. The molecule has 4 heteroatoms. The molecule has 2 aromatic carbocycles. The van der Waals surface area contributed by atoms with Crippen LogP contribution in [0.2, 0.25) is 0 Å². The van der Waals surface area contributed by atoms with Gasteiger partial charge in [-0.15, -0.1) is 11.8 Å².